The molecule has 0 aliphatic rings. The summed E-state index contributed by atoms with van der Waals surface area (Å²) in [7, 11) is 0. The molecule has 0 unspecified atom stereocenters. The normalized spacial score (nSPS) is 12.2. The van der Waals surface area contributed by atoms with E-state index in [1.807, 2.05) is 0 Å². The summed E-state index contributed by atoms with van der Waals surface area (Å²) in [6.07, 6.45) is 0. The van der Waals surface area contributed by atoms with Crippen molar-refractivity contribution in [2.45, 2.75) is 19.9 Å². The third-order valence-electron chi connectivity index (χ3n) is 2.42. The minimum absolute atomic E-state index is 0.0464. The number of carboxylic acids is 1. The fourth-order valence-electron chi connectivity index (χ4n) is 1.43. The van der Waals surface area contributed by atoms with Gasteiger partial charge in [0.2, 0.25) is 0 Å². The van der Waals surface area contributed by atoms with E-state index in [-0.39, 0.29) is 17.2 Å². The predicted molar refractivity (Wildman–Crippen MR) is 69.5 cm³/mol. The lowest BCUT2D eigenvalue weighted by atomic mass is 10.0. The van der Waals surface area contributed by atoms with Gasteiger partial charge in [0, 0.05) is 4.47 Å². The molecule has 0 radical (unpaired) electrons. The number of hydrogen-bond donors (Lipinski definition) is 3. The van der Waals surface area contributed by atoms with Gasteiger partial charge in [0.15, 0.2) is 0 Å². The molecule has 1 aromatic carbocycles. The van der Waals surface area contributed by atoms with E-state index in [0.29, 0.717) is 4.47 Å². The highest BCUT2D eigenvalue weighted by Gasteiger charge is 2.24. The van der Waals surface area contributed by atoms with Gasteiger partial charge in [-0.05, 0) is 24.1 Å². The minimum Gasteiger partial charge on any atom is -0.507 e. The number of hydrogen-bond acceptors (Lipinski definition) is 3. The van der Waals surface area contributed by atoms with Crippen molar-refractivity contribution in [2.75, 3.05) is 0 Å². The molecule has 98 valence electrons. The zero-order chi connectivity index (χ0) is 13.9. The summed E-state index contributed by atoms with van der Waals surface area (Å²) in [5.74, 6) is -2.16. The second-order valence-electron chi connectivity index (χ2n) is 4.19. The van der Waals surface area contributed by atoms with Crippen LogP contribution < -0.4 is 5.32 Å². The number of phenols is 1. The predicted octanol–water partition coefficient (Wildman–Crippen LogP) is 1.99. The average Bonchev–Trinajstić information content (AvgIpc) is 2.24. The van der Waals surface area contributed by atoms with Crippen molar-refractivity contribution in [1.29, 1.82) is 0 Å². The molecule has 1 amide bonds. The van der Waals surface area contributed by atoms with Gasteiger partial charge in [0.25, 0.3) is 5.91 Å². The molecule has 18 heavy (non-hydrogen) atoms. The number of carbonyl (C=O) groups is 2. The zero-order valence-electron chi connectivity index (χ0n) is 9.98. The number of carboxylic acid groups (broad SMARTS) is 1. The molecule has 0 aliphatic carbocycles. The molecule has 0 saturated carbocycles. The SMILES string of the molecule is CC(C)[C@H](NC(=O)c1ccc(Br)cc1O)C(=O)O. The van der Waals surface area contributed by atoms with Gasteiger partial charge in [0.1, 0.15) is 11.8 Å². The van der Waals surface area contributed by atoms with Crippen LogP contribution in [0.4, 0.5) is 0 Å². The highest BCUT2D eigenvalue weighted by atomic mass is 79.9. The Morgan fingerprint density at radius 2 is 1.94 bits per heavy atom. The third-order valence-corrected chi connectivity index (χ3v) is 2.92. The number of halogens is 1. The first kappa shape index (κ1) is 14.5. The molecule has 0 spiro atoms. The van der Waals surface area contributed by atoms with Crippen LogP contribution in [0.15, 0.2) is 22.7 Å². The highest BCUT2D eigenvalue weighted by molar-refractivity contribution is 9.10. The first-order valence-electron chi connectivity index (χ1n) is 5.35. The lowest BCUT2D eigenvalue weighted by Gasteiger charge is -2.18. The topological polar surface area (TPSA) is 86.6 Å². The van der Waals surface area contributed by atoms with E-state index in [0.717, 1.165) is 0 Å². The fraction of sp³-hybridized carbons (Fsp3) is 0.333. The summed E-state index contributed by atoms with van der Waals surface area (Å²) in [6, 6.07) is 3.41. The Balaban J connectivity index is 2.91. The summed E-state index contributed by atoms with van der Waals surface area (Å²) >= 11 is 3.16. The van der Waals surface area contributed by atoms with Crippen LogP contribution in [0, 0.1) is 5.92 Å². The van der Waals surface area contributed by atoms with E-state index in [2.05, 4.69) is 21.2 Å². The van der Waals surface area contributed by atoms with Gasteiger partial charge in [0.05, 0.1) is 5.56 Å². The van der Waals surface area contributed by atoms with Gasteiger partial charge in [-0.25, -0.2) is 4.79 Å². The van der Waals surface area contributed by atoms with E-state index < -0.39 is 17.9 Å². The Morgan fingerprint density at radius 1 is 1.33 bits per heavy atom. The van der Waals surface area contributed by atoms with Gasteiger partial charge < -0.3 is 15.5 Å². The Hall–Kier alpha value is -1.56. The fourth-order valence-corrected chi connectivity index (χ4v) is 1.78. The molecule has 0 bridgehead atoms. The Bertz CT molecular complexity index is 473. The van der Waals surface area contributed by atoms with Gasteiger partial charge >= 0.3 is 5.97 Å². The number of nitrogens with one attached hydrogen (secondary N) is 1. The Labute approximate surface area is 113 Å². The average molecular weight is 316 g/mol. The number of carbonyl (C=O) groups excluding carboxylic acids is 1. The molecular weight excluding hydrogens is 302 g/mol. The van der Waals surface area contributed by atoms with Crippen LogP contribution in [0.5, 0.6) is 5.75 Å². The van der Waals surface area contributed by atoms with Gasteiger partial charge in [-0.15, -0.1) is 0 Å². The second kappa shape index (κ2) is 5.86. The monoisotopic (exact) mass is 315 g/mol. The van der Waals surface area contributed by atoms with Gasteiger partial charge in [-0.1, -0.05) is 29.8 Å². The first-order chi connectivity index (χ1) is 8.32. The highest BCUT2D eigenvalue weighted by Crippen LogP contribution is 2.22. The summed E-state index contributed by atoms with van der Waals surface area (Å²) < 4.78 is 0.634. The van der Waals surface area contributed by atoms with E-state index in [4.69, 9.17) is 5.11 Å². The largest absolute Gasteiger partial charge is 0.507 e. The Morgan fingerprint density at radius 3 is 2.39 bits per heavy atom. The van der Waals surface area contributed by atoms with Crippen LogP contribution in [0.2, 0.25) is 0 Å². The van der Waals surface area contributed by atoms with Crippen molar-refractivity contribution in [1.82, 2.24) is 5.32 Å². The van der Waals surface area contributed by atoms with Crippen LogP contribution in [-0.2, 0) is 4.79 Å². The molecule has 0 aromatic heterocycles. The van der Waals surface area contributed by atoms with Crippen molar-refractivity contribution < 1.29 is 19.8 Å². The van der Waals surface area contributed by atoms with Crippen LogP contribution in [0.3, 0.4) is 0 Å². The van der Waals surface area contributed by atoms with E-state index in [1.165, 1.54) is 12.1 Å². The molecule has 5 nitrogen and oxygen atoms in total. The lowest BCUT2D eigenvalue weighted by Crippen LogP contribution is -2.44. The van der Waals surface area contributed by atoms with E-state index in [1.54, 1.807) is 19.9 Å². The molecule has 1 rings (SSSR count). The summed E-state index contributed by atoms with van der Waals surface area (Å²) in [5.41, 5.74) is 0.0464. The first-order valence-corrected chi connectivity index (χ1v) is 6.14. The number of phenolic OH excluding ortho intramolecular Hbond substituents is 1. The maximum Gasteiger partial charge on any atom is 0.326 e. The number of aliphatic carboxylic acids is 1. The number of benzene rings is 1. The smallest absolute Gasteiger partial charge is 0.326 e. The molecular formula is C12H14BrNO4. The van der Waals surface area contributed by atoms with Crippen LogP contribution in [0.25, 0.3) is 0 Å². The van der Waals surface area contributed by atoms with Crippen LogP contribution >= 0.6 is 15.9 Å². The lowest BCUT2D eigenvalue weighted by molar-refractivity contribution is -0.140. The third kappa shape index (κ3) is 3.46. The standard InChI is InChI=1S/C12H14BrNO4/c1-6(2)10(12(17)18)14-11(16)8-4-3-7(13)5-9(8)15/h3-6,10,15H,1-2H3,(H,14,16)(H,17,18)/t10-/m0/s1. The molecule has 6 heteroatoms. The molecule has 0 aliphatic heterocycles. The number of rotatable bonds is 4. The molecule has 1 atom stereocenters. The maximum absolute atomic E-state index is 11.8. The second-order valence-corrected chi connectivity index (χ2v) is 5.11. The van der Waals surface area contributed by atoms with Crippen molar-refractivity contribution in [3.63, 3.8) is 0 Å². The number of aromatic hydroxyl groups is 1. The van der Waals surface area contributed by atoms with Gasteiger partial charge in [-0.3, -0.25) is 4.79 Å². The summed E-state index contributed by atoms with van der Waals surface area (Å²) in [6.45, 7) is 3.39. The molecule has 1 aromatic rings. The molecule has 0 saturated heterocycles. The van der Waals surface area contributed by atoms with Crippen molar-refractivity contribution in [3.8, 4) is 5.75 Å². The molecule has 0 heterocycles. The maximum atomic E-state index is 11.8. The van der Waals surface area contributed by atoms with Crippen molar-refractivity contribution >= 4 is 27.8 Å². The van der Waals surface area contributed by atoms with Crippen LogP contribution in [-0.4, -0.2) is 28.1 Å². The van der Waals surface area contributed by atoms with Crippen molar-refractivity contribution in [3.05, 3.63) is 28.2 Å². The quantitative estimate of drug-likeness (QED) is 0.793. The molecule has 3 N–H and O–H groups in total. The minimum atomic E-state index is -1.10. The Kier molecular flexibility index (Phi) is 4.72. The van der Waals surface area contributed by atoms with E-state index in [9.17, 15) is 14.7 Å². The van der Waals surface area contributed by atoms with E-state index >= 15 is 0 Å². The zero-order valence-corrected chi connectivity index (χ0v) is 11.6. The van der Waals surface area contributed by atoms with Gasteiger partial charge in [-0.2, -0.15) is 0 Å². The van der Waals surface area contributed by atoms with Crippen LogP contribution in [0.1, 0.15) is 24.2 Å². The molecule has 0 fully saturated rings. The summed E-state index contributed by atoms with van der Waals surface area (Å²) in [4.78, 5) is 22.8. The summed E-state index contributed by atoms with van der Waals surface area (Å²) in [5, 5.41) is 21.0. The van der Waals surface area contributed by atoms with Crippen molar-refractivity contribution in [2.24, 2.45) is 5.92 Å². The number of amides is 1.